The second-order valence-electron chi connectivity index (χ2n) is 9.73. The van der Waals surface area contributed by atoms with Crippen LogP contribution in [0.2, 0.25) is 10.0 Å². The van der Waals surface area contributed by atoms with Crippen LogP contribution in [-0.2, 0) is 41.7 Å². The summed E-state index contributed by atoms with van der Waals surface area (Å²) in [5.74, 6) is -0.731. The highest BCUT2D eigenvalue weighted by atomic mass is 35.5. The van der Waals surface area contributed by atoms with Crippen LogP contribution in [0.4, 0.5) is 0 Å². The van der Waals surface area contributed by atoms with E-state index in [1.165, 1.54) is 14.2 Å². The van der Waals surface area contributed by atoms with Crippen LogP contribution < -0.4 is 10.1 Å². The first-order chi connectivity index (χ1) is 19.1. The largest absolute Gasteiger partial charge is 0.489 e. The number of hydrogen-bond acceptors (Lipinski definition) is 7. The topological polar surface area (TPSA) is 111 Å². The van der Waals surface area contributed by atoms with Gasteiger partial charge in [-0.2, -0.15) is 0 Å². The van der Waals surface area contributed by atoms with Crippen molar-refractivity contribution >= 4 is 47.0 Å². The predicted octanol–water partition coefficient (Wildman–Crippen LogP) is 4.50. The molecule has 1 saturated heterocycles. The molecule has 0 saturated carbocycles. The van der Waals surface area contributed by atoms with Crippen molar-refractivity contribution in [2.75, 3.05) is 21.3 Å². The zero-order valence-electron chi connectivity index (χ0n) is 22.8. The third kappa shape index (κ3) is 8.11. The van der Waals surface area contributed by atoms with Crippen LogP contribution in [-0.4, -0.2) is 61.5 Å². The number of likely N-dealkylation sites (tertiary alicyclic amines) is 1. The molecule has 1 aliphatic rings. The Balaban J connectivity index is 1.59. The van der Waals surface area contributed by atoms with E-state index < -0.39 is 17.6 Å². The fourth-order valence-corrected chi connectivity index (χ4v) is 5.32. The summed E-state index contributed by atoms with van der Waals surface area (Å²) < 4.78 is 15.5. The molecule has 2 aromatic rings. The summed E-state index contributed by atoms with van der Waals surface area (Å²) in [6, 6.07) is 11.5. The highest BCUT2D eigenvalue weighted by Crippen LogP contribution is 2.37. The van der Waals surface area contributed by atoms with Gasteiger partial charge >= 0.3 is 11.9 Å². The summed E-state index contributed by atoms with van der Waals surface area (Å²) in [5.41, 5.74) is 0.853. The van der Waals surface area contributed by atoms with Gasteiger partial charge in [-0.05, 0) is 49.1 Å². The summed E-state index contributed by atoms with van der Waals surface area (Å²) in [6.45, 7) is 0.195. The molecule has 1 aliphatic heterocycles. The van der Waals surface area contributed by atoms with Gasteiger partial charge in [0, 0.05) is 53.9 Å². The van der Waals surface area contributed by atoms with Crippen molar-refractivity contribution in [1.29, 1.82) is 0 Å². The number of benzene rings is 2. The normalized spacial score (nSPS) is 17.3. The smallest absolute Gasteiger partial charge is 0.328 e. The number of rotatable bonds is 13. The van der Waals surface area contributed by atoms with Crippen LogP contribution in [0.5, 0.6) is 5.75 Å². The number of hydrogen-bond donors (Lipinski definition) is 1. The van der Waals surface area contributed by atoms with Crippen molar-refractivity contribution in [1.82, 2.24) is 10.2 Å². The molecule has 0 aliphatic carbocycles. The van der Waals surface area contributed by atoms with E-state index in [9.17, 15) is 19.2 Å². The van der Waals surface area contributed by atoms with Crippen molar-refractivity contribution in [2.24, 2.45) is 0 Å². The minimum absolute atomic E-state index is 0.0277. The molecule has 11 heteroatoms. The van der Waals surface area contributed by atoms with Gasteiger partial charge < -0.3 is 24.4 Å². The van der Waals surface area contributed by atoms with Gasteiger partial charge in [0.15, 0.2) is 0 Å². The van der Waals surface area contributed by atoms with Crippen LogP contribution in [0.15, 0.2) is 42.5 Å². The zero-order valence-corrected chi connectivity index (χ0v) is 24.3. The summed E-state index contributed by atoms with van der Waals surface area (Å²) in [5, 5.41) is 3.79. The Morgan fingerprint density at radius 3 is 2.23 bits per heavy atom. The van der Waals surface area contributed by atoms with E-state index in [0.717, 1.165) is 5.56 Å². The molecule has 1 fully saturated rings. The van der Waals surface area contributed by atoms with Gasteiger partial charge in [-0.1, -0.05) is 41.4 Å². The first kappa shape index (κ1) is 31.2. The summed E-state index contributed by atoms with van der Waals surface area (Å²) >= 11 is 12.4. The number of amides is 2. The first-order valence-corrected chi connectivity index (χ1v) is 13.7. The van der Waals surface area contributed by atoms with E-state index in [1.54, 1.807) is 54.4 Å². The predicted molar refractivity (Wildman–Crippen MR) is 150 cm³/mol. The van der Waals surface area contributed by atoms with Crippen molar-refractivity contribution in [2.45, 2.75) is 63.1 Å². The average Bonchev–Trinajstić information content (AvgIpc) is 3.23. The maximum Gasteiger partial charge on any atom is 0.328 e. The van der Waals surface area contributed by atoms with Gasteiger partial charge in [0.25, 0.3) is 0 Å². The average molecular weight is 594 g/mol. The molecule has 2 atom stereocenters. The van der Waals surface area contributed by atoms with Crippen LogP contribution in [0.1, 0.15) is 49.7 Å². The molecule has 216 valence electrons. The van der Waals surface area contributed by atoms with Gasteiger partial charge in [0.05, 0.1) is 14.2 Å². The van der Waals surface area contributed by atoms with E-state index in [0.29, 0.717) is 47.0 Å². The number of methoxy groups -OCH3 is 2. The lowest BCUT2D eigenvalue weighted by Gasteiger charge is -2.36. The lowest BCUT2D eigenvalue weighted by Crippen LogP contribution is -2.46. The SMILES string of the molecule is COC(=O)CCC1(CCC(=O)N[C@@H](Cc2ccc(OCc3c(Cl)cccc3Cl)cc2)C(=O)OC)CCC(=O)N1C. The first-order valence-electron chi connectivity index (χ1n) is 12.9. The lowest BCUT2D eigenvalue weighted by atomic mass is 9.85. The van der Waals surface area contributed by atoms with E-state index in [1.807, 2.05) is 0 Å². The summed E-state index contributed by atoms with van der Waals surface area (Å²) in [4.78, 5) is 51.0. The number of esters is 2. The fraction of sp³-hybridized carbons (Fsp3) is 0.448. The van der Waals surface area contributed by atoms with E-state index in [4.69, 9.17) is 37.4 Å². The third-order valence-corrected chi connectivity index (χ3v) is 8.07. The van der Waals surface area contributed by atoms with Gasteiger partial charge in [-0.3, -0.25) is 14.4 Å². The van der Waals surface area contributed by atoms with E-state index in [2.05, 4.69) is 5.32 Å². The Bertz CT molecular complexity index is 1200. The van der Waals surface area contributed by atoms with Crippen molar-refractivity contribution < 1.29 is 33.4 Å². The van der Waals surface area contributed by atoms with Gasteiger partial charge in [-0.15, -0.1) is 0 Å². The molecule has 40 heavy (non-hydrogen) atoms. The second kappa shape index (κ2) is 14.4. The summed E-state index contributed by atoms with van der Waals surface area (Å²) in [7, 11) is 4.27. The minimum atomic E-state index is -0.903. The quantitative estimate of drug-likeness (QED) is 0.341. The molecule has 0 aromatic heterocycles. The highest BCUT2D eigenvalue weighted by Gasteiger charge is 2.43. The molecule has 0 radical (unpaired) electrons. The molecule has 1 N–H and O–H groups in total. The maximum atomic E-state index is 12.9. The molecule has 0 spiro atoms. The van der Waals surface area contributed by atoms with Gasteiger partial charge in [0.2, 0.25) is 11.8 Å². The Morgan fingerprint density at radius 2 is 1.65 bits per heavy atom. The standard InChI is InChI=1S/C29H34Cl2N2O7/c1-33-26(35)12-15-29(33,16-13-27(36)38-2)14-11-25(34)32-24(28(37)39-3)17-19-7-9-20(10-8-19)40-18-21-22(30)5-4-6-23(21)31/h4-10,24H,11-18H2,1-3H3,(H,32,34)/t24-,29?/m0/s1. The molecule has 3 rings (SSSR count). The maximum absolute atomic E-state index is 12.9. The van der Waals surface area contributed by atoms with Gasteiger partial charge in [-0.25, -0.2) is 4.79 Å². The molecule has 9 nitrogen and oxygen atoms in total. The Hall–Kier alpha value is -3.30. The number of halogens is 2. The number of ether oxygens (including phenoxy) is 3. The van der Waals surface area contributed by atoms with Gasteiger partial charge in [0.1, 0.15) is 18.4 Å². The minimum Gasteiger partial charge on any atom is -0.489 e. The molecule has 0 bridgehead atoms. The van der Waals surface area contributed by atoms with E-state index >= 15 is 0 Å². The van der Waals surface area contributed by atoms with Crippen LogP contribution in [0.3, 0.4) is 0 Å². The number of carbonyl (C=O) groups excluding carboxylic acids is 4. The highest BCUT2D eigenvalue weighted by molar-refractivity contribution is 6.35. The van der Waals surface area contributed by atoms with Crippen molar-refractivity contribution in [3.8, 4) is 5.75 Å². The molecule has 2 aromatic carbocycles. The van der Waals surface area contributed by atoms with Crippen LogP contribution >= 0.6 is 23.2 Å². The summed E-state index contributed by atoms with van der Waals surface area (Å²) in [6.07, 6.45) is 2.08. The van der Waals surface area contributed by atoms with Crippen LogP contribution in [0, 0.1) is 0 Å². The van der Waals surface area contributed by atoms with Crippen molar-refractivity contribution in [3.63, 3.8) is 0 Å². The Labute approximate surface area is 244 Å². The number of nitrogens with one attached hydrogen (secondary N) is 1. The number of nitrogens with zero attached hydrogens (tertiary/aromatic N) is 1. The molecule has 1 unspecified atom stereocenters. The van der Waals surface area contributed by atoms with Crippen LogP contribution in [0.25, 0.3) is 0 Å². The fourth-order valence-electron chi connectivity index (χ4n) is 4.82. The molecular weight excluding hydrogens is 559 g/mol. The Kier molecular flexibility index (Phi) is 11.2. The molecule has 1 heterocycles. The second-order valence-corrected chi connectivity index (χ2v) is 10.5. The third-order valence-electron chi connectivity index (χ3n) is 7.36. The monoisotopic (exact) mass is 592 g/mol. The molecule has 2 amide bonds. The van der Waals surface area contributed by atoms with E-state index in [-0.39, 0.29) is 43.7 Å². The molecular formula is C29H34Cl2N2O7. The zero-order chi connectivity index (χ0) is 29.3. The number of carbonyl (C=O) groups is 4. The van der Waals surface area contributed by atoms with Crippen molar-refractivity contribution in [3.05, 3.63) is 63.6 Å². The lowest BCUT2D eigenvalue weighted by molar-refractivity contribution is -0.145. The Morgan fingerprint density at radius 1 is 1.00 bits per heavy atom.